The van der Waals surface area contributed by atoms with Crippen LogP contribution in [0.15, 0.2) is 21.3 Å². The number of aliphatic imine (C=N–C) groups is 1. The average molecular weight is 397 g/mol. The van der Waals surface area contributed by atoms with Gasteiger partial charge in [-0.2, -0.15) is 0 Å². The molecule has 1 aromatic heterocycles. The van der Waals surface area contributed by atoms with E-state index in [9.17, 15) is 8.42 Å². The van der Waals surface area contributed by atoms with Crippen molar-refractivity contribution in [2.45, 2.75) is 24.5 Å². The van der Waals surface area contributed by atoms with Crippen molar-refractivity contribution in [1.82, 2.24) is 15.4 Å². The van der Waals surface area contributed by atoms with Crippen LogP contribution >= 0.6 is 22.9 Å². The Morgan fingerprint density at radius 3 is 2.71 bits per heavy atom. The zero-order valence-corrected chi connectivity index (χ0v) is 16.4. The number of thiophene rings is 1. The molecule has 0 saturated carbocycles. The molecule has 1 rings (SSSR count). The number of hydrogen-bond acceptors (Lipinski definition) is 5. The molecule has 0 fully saturated rings. The van der Waals surface area contributed by atoms with E-state index in [4.69, 9.17) is 16.3 Å². The second kappa shape index (κ2) is 11.6. The topological polar surface area (TPSA) is 91.8 Å². The first kappa shape index (κ1) is 21.2. The summed E-state index contributed by atoms with van der Waals surface area (Å²) in [6.07, 6.45) is 0.843. The fraction of sp³-hybridized carbons (Fsp3) is 0.643. The van der Waals surface area contributed by atoms with E-state index in [2.05, 4.69) is 20.3 Å². The minimum absolute atomic E-state index is 0.212. The lowest BCUT2D eigenvalue weighted by molar-refractivity contribution is 0.146. The standard InChI is InChI=1S/C14H25ClN4O3S2/c1-3-16-14(17-8-5-11-22-4-2)18-9-10-19-24(20,21)13-7-6-12(15)23-13/h6-7,19H,3-5,8-11H2,1-2H3,(H2,16,17,18). The Bertz CT molecular complexity index is 605. The van der Waals surface area contributed by atoms with Crippen molar-refractivity contribution in [2.24, 2.45) is 4.99 Å². The predicted molar refractivity (Wildman–Crippen MR) is 99.6 cm³/mol. The Morgan fingerprint density at radius 1 is 1.29 bits per heavy atom. The molecule has 3 N–H and O–H groups in total. The summed E-state index contributed by atoms with van der Waals surface area (Å²) >= 11 is 6.80. The normalized spacial score (nSPS) is 12.4. The van der Waals surface area contributed by atoms with Crippen molar-refractivity contribution < 1.29 is 13.2 Å². The highest BCUT2D eigenvalue weighted by molar-refractivity contribution is 7.91. The van der Waals surface area contributed by atoms with Gasteiger partial charge in [-0.05, 0) is 32.4 Å². The minimum Gasteiger partial charge on any atom is -0.382 e. The first-order valence-electron chi connectivity index (χ1n) is 7.84. The summed E-state index contributed by atoms with van der Waals surface area (Å²) in [4.78, 5) is 4.40. The zero-order chi connectivity index (χ0) is 17.8. The van der Waals surface area contributed by atoms with E-state index in [1.165, 1.54) is 6.07 Å². The van der Waals surface area contributed by atoms with E-state index < -0.39 is 10.0 Å². The molecule has 0 bridgehead atoms. The van der Waals surface area contributed by atoms with Crippen LogP contribution in [0.5, 0.6) is 0 Å². The van der Waals surface area contributed by atoms with Gasteiger partial charge in [-0.3, -0.25) is 4.99 Å². The van der Waals surface area contributed by atoms with Crippen LogP contribution in [0, 0.1) is 0 Å². The monoisotopic (exact) mass is 396 g/mol. The molecule has 0 atom stereocenters. The van der Waals surface area contributed by atoms with Gasteiger partial charge < -0.3 is 15.4 Å². The van der Waals surface area contributed by atoms with E-state index in [1.54, 1.807) is 6.07 Å². The SMILES string of the molecule is CCNC(=NCCCOCC)NCCNS(=O)(=O)c1ccc(Cl)s1. The van der Waals surface area contributed by atoms with E-state index in [0.29, 0.717) is 36.6 Å². The molecule has 0 aromatic carbocycles. The first-order chi connectivity index (χ1) is 11.5. The molecule has 1 heterocycles. The lowest BCUT2D eigenvalue weighted by Crippen LogP contribution is -2.41. The van der Waals surface area contributed by atoms with Crippen LogP contribution in [0.2, 0.25) is 4.34 Å². The highest BCUT2D eigenvalue weighted by atomic mass is 35.5. The number of hydrogen-bond donors (Lipinski definition) is 3. The lowest BCUT2D eigenvalue weighted by atomic mass is 10.4. The van der Waals surface area contributed by atoms with Gasteiger partial charge in [0.05, 0.1) is 4.34 Å². The summed E-state index contributed by atoms with van der Waals surface area (Å²) in [7, 11) is -3.51. The van der Waals surface area contributed by atoms with Gasteiger partial charge in [0.1, 0.15) is 4.21 Å². The van der Waals surface area contributed by atoms with Crippen LogP contribution in [0.3, 0.4) is 0 Å². The smallest absolute Gasteiger partial charge is 0.250 e. The number of nitrogens with zero attached hydrogens (tertiary/aromatic N) is 1. The van der Waals surface area contributed by atoms with Crippen LogP contribution < -0.4 is 15.4 Å². The lowest BCUT2D eigenvalue weighted by Gasteiger charge is -2.11. The summed E-state index contributed by atoms with van der Waals surface area (Å²) in [5, 5.41) is 6.20. The Labute approximate surface area is 152 Å². The molecule has 7 nitrogen and oxygen atoms in total. The third kappa shape index (κ3) is 8.29. The predicted octanol–water partition coefficient (Wildman–Crippen LogP) is 1.66. The maximum Gasteiger partial charge on any atom is 0.250 e. The van der Waals surface area contributed by atoms with Gasteiger partial charge in [-0.15, -0.1) is 11.3 Å². The molecule has 24 heavy (non-hydrogen) atoms. The molecule has 0 aliphatic rings. The molecule has 0 spiro atoms. The van der Waals surface area contributed by atoms with Crippen LogP contribution in [0.25, 0.3) is 0 Å². The number of sulfonamides is 1. The zero-order valence-electron chi connectivity index (χ0n) is 14.0. The quantitative estimate of drug-likeness (QED) is 0.300. The van der Waals surface area contributed by atoms with Crippen molar-refractivity contribution in [3.63, 3.8) is 0 Å². The van der Waals surface area contributed by atoms with Crippen LogP contribution in [0.4, 0.5) is 0 Å². The van der Waals surface area contributed by atoms with Crippen molar-refractivity contribution in [3.05, 3.63) is 16.5 Å². The number of halogens is 1. The summed E-state index contributed by atoms with van der Waals surface area (Å²) in [6, 6.07) is 3.06. The van der Waals surface area contributed by atoms with Gasteiger partial charge in [0.25, 0.3) is 0 Å². The summed E-state index contributed by atoms with van der Waals surface area (Å²) in [5.41, 5.74) is 0. The van der Waals surface area contributed by atoms with Gasteiger partial charge in [-0.25, -0.2) is 13.1 Å². The fourth-order valence-electron chi connectivity index (χ4n) is 1.72. The second-order valence-corrected chi connectivity index (χ2v) is 8.40. The molecular weight excluding hydrogens is 372 g/mol. The number of rotatable bonds is 11. The van der Waals surface area contributed by atoms with Crippen LogP contribution in [-0.4, -0.2) is 53.8 Å². The average Bonchev–Trinajstić information content (AvgIpc) is 2.98. The first-order valence-corrected chi connectivity index (χ1v) is 10.5. The van der Waals surface area contributed by atoms with E-state index in [1.807, 2.05) is 13.8 Å². The number of guanidine groups is 1. The Kier molecular flexibility index (Phi) is 10.3. The highest BCUT2D eigenvalue weighted by Gasteiger charge is 2.15. The van der Waals surface area contributed by atoms with Gasteiger partial charge in [0.15, 0.2) is 5.96 Å². The molecule has 0 radical (unpaired) electrons. The molecule has 0 amide bonds. The Balaban J connectivity index is 2.35. The molecule has 0 unspecified atom stereocenters. The van der Waals surface area contributed by atoms with Crippen molar-refractivity contribution in [1.29, 1.82) is 0 Å². The second-order valence-electron chi connectivity index (χ2n) is 4.69. The molecule has 0 aliphatic carbocycles. The minimum atomic E-state index is -3.51. The van der Waals surface area contributed by atoms with E-state index >= 15 is 0 Å². The molecule has 10 heteroatoms. The molecule has 0 saturated heterocycles. The van der Waals surface area contributed by atoms with Gasteiger partial charge in [-0.1, -0.05) is 11.6 Å². The summed E-state index contributed by atoms with van der Waals surface area (Å²) in [5.74, 6) is 0.660. The molecular formula is C14H25ClN4O3S2. The number of nitrogens with one attached hydrogen (secondary N) is 3. The van der Waals surface area contributed by atoms with Crippen molar-refractivity contribution >= 4 is 38.9 Å². The Morgan fingerprint density at radius 2 is 2.08 bits per heavy atom. The Hall–Kier alpha value is -0.870. The third-order valence-corrected chi connectivity index (χ3v) is 5.97. The molecule has 0 aliphatic heterocycles. The summed E-state index contributed by atoms with van der Waals surface area (Å²) in [6.45, 7) is 7.38. The van der Waals surface area contributed by atoms with Crippen LogP contribution in [0.1, 0.15) is 20.3 Å². The van der Waals surface area contributed by atoms with Gasteiger partial charge in [0.2, 0.25) is 10.0 Å². The van der Waals surface area contributed by atoms with E-state index in [0.717, 1.165) is 24.3 Å². The summed E-state index contributed by atoms with van der Waals surface area (Å²) < 4.78 is 32.5. The largest absolute Gasteiger partial charge is 0.382 e. The number of ether oxygens (including phenoxy) is 1. The molecule has 138 valence electrons. The van der Waals surface area contributed by atoms with Crippen molar-refractivity contribution in [2.75, 3.05) is 39.4 Å². The molecule has 1 aromatic rings. The van der Waals surface area contributed by atoms with Crippen LogP contribution in [-0.2, 0) is 14.8 Å². The van der Waals surface area contributed by atoms with Gasteiger partial charge in [0, 0.05) is 39.4 Å². The third-order valence-electron chi connectivity index (χ3n) is 2.79. The maximum absolute atomic E-state index is 12.0. The van der Waals surface area contributed by atoms with Crippen molar-refractivity contribution in [3.8, 4) is 0 Å². The fourth-order valence-corrected chi connectivity index (χ4v) is 4.28. The van der Waals surface area contributed by atoms with Gasteiger partial charge >= 0.3 is 0 Å². The van der Waals surface area contributed by atoms with E-state index in [-0.39, 0.29) is 10.8 Å². The highest BCUT2D eigenvalue weighted by Crippen LogP contribution is 2.24. The maximum atomic E-state index is 12.0.